The Balaban J connectivity index is 1.09. The van der Waals surface area contributed by atoms with Gasteiger partial charge in [-0.05, 0) is 85.5 Å². The Morgan fingerprint density at radius 2 is 0.698 bits per heavy atom. The van der Waals surface area contributed by atoms with Crippen LogP contribution in [0.5, 0.6) is 0 Å². The van der Waals surface area contributed by atoms with Crippen LogP contribution < -0.4 is 20.7 Å². The molecule has 3 heteroatoms. The number of para-hydroxylation sites is 3. The molecule has 63 heavy (non-hydrogen) atoms. The van der Waals surface area contributed by atoms with Gasteiger partial charge >= 0.3 is 0 Å². The van der Waals surface area contributed by atoms with Crippen LogP contribution >= 0.6 is 0 Å². The van der Waals surface area contributed by atoms with E-state index in [4.69, 9.17) is 0 Å². The summed E-state index contributed by atoms with van der Waals surface area (Å²) in [6.07, 6.45) is 0. The first-order valence-electron chi connectivity index (χ1n) is 21.8. The van der Waals surface area contributed by atoms with E-state index in [2.05, 4.69) is 264 Å². The first kappa shape index (κ1) is 36.8. The molecule has 0 unspecified atom stereocenters. The molecule has 0 atom stereocenters. The van der Waals surface area contributed by atoms with E-state index in [-0.39, 0.29) is 0 Å². The predicted octanol–water partition coefficient (Wildman–Crippen LogP) is 12.6. The fraction of sp³-hybridized carbons (Fsp3) is 0. The molecule has 0 aliphatic heterocycles. The summed E-state index contributed by atoms with van der Waals surface area (Å²) in [7, 11) is -2.91. The summed E-state index contributed by atoms with van der Waals surface area (Å²) in [5, 5.41) is 10.4. The highest BCUT2D eigenvalue weighted by atomic mass is 28.3. The third kappa shape index (κ3) is 5.85. The number of aromatic nitrogens is 2. The highest BCUT2D eigenvalue weighted by Crippen LogP contribution is 2.38. The minimum Gasteiger partial charge on any atom is -0.309 e. The average molecular weight is 819 g/mol. The molecule has 10 aromatic carbocycles. The molecule has 0 fully saturated rings. The van der Waals surface area contributed by atoms with E-state index in [9.17, 15) is 0 Å². The zero-order valence-corrected chi connectivity index (χ0v) is 35.6. The van der Waals surface area contributed by atoms with Crippen molar-refractivity contribution in [2.24, 2.45) is 0 Å². The van der Waals surface area contributed by atoms with Gasteiger partial charge < -0.3 is 9.13 Å². The van der Waals surface area contributed by atoms with Crippen molar-refractivity contribution >= 4 is 72.4 Å². The summed E-state index contributed by atoms with van der Waals surface area (Å²) in [5.41, 5.74) is 12.0. The first-order valence-corrected chi connectivity index (χ1v) is 23.8. The Labute approximate surface area is 368 Å². The van der Waals surface area contributed by atoms with E-state index < -0.39 is 8.07 Å². The van der Waals surface area contributed by atoms with E-state index in [1.54, 1.807) is 0 Å². The molecule has 296 valence electrons. The lowest BCUT2D eigenvalue weighted by Gasteiger charge is -2.35. The predicted molar refractivity (Wildman–Crippen MR) is 270 cm³/mol. The number of hydrogen-bond acceptors (Lipinski definition) is 0. The van der Waals surface area contributed by atoms with Gasteiger partial charge in [0.15, 0.2) is 8.07 Å². The molecule has 0 spiro atoms. The molecular formula is C60H42N2Si. The second kappa shape index (κ2) is 15.2. The van der Waals surface area contributed by atoms with Crippen molar-refractivity contribution in [1.82, 2.24) is 9.13 Å². The van der Waals surface area contributed by atoms with Crippen molar-refractivity contribution in [2.45, 2.75) is 0 Å². The minimum absolute atomic E-state index is 1.14. The maximum Gasteiger partial charge on any atom is 0.181 e. The highest BCUT2D eigenvalue weighted by Gasteiger charge is 2.43. The zero-order chi connectivity index (χ0) is 41.7. The third-order valence-corrected chi connectivity index (χ3v) is 17.9. The molecule has 0 amide bonds. The molecule has 0 saturated carbocycles. The van der Waals surface area contributed by atoms with Crippen LogP contribution in [-0.4, -0.2) is 17.2 Å². The van der Waals surface area contributed by atoms with Gasteiger partial charge in [0.2, 0.25) is 0 Å². The molecular weight excluding hydrogens is 777 g/mol. The summed E-state index contributed by atoms with van der Waals surface area (Å²) in [6, 6.07) is 94.2. The molecule has 12 rings (SSSR count). The van der Waals surface area contributed by atoms with Gasteiger partial charge in [-0.2, -0.15) is 0 Å². The van der Waals surface area contributed by atoms with Gasteiger partial charge in [0.05, 0.1) is 22.1 Å². The van der Waals surface area contributed by atoms with Crippen molar-refractivity contribution in [1.29, 1.82) is 0 Å². The Morgan fingerprint density at radius 1 is 0.270 bits per heavy atom. The van der Waals surface area contributed by atoms with Crippen LogP contribution in [-0.2, 0) is 0 Å². The van der Waals surface area contributed by atoms with Crippen LogP contribution in [0.2, 0.25) is 0 Å². The Bertz CT molecular complexity index is 3490. The van der Waals surface area contributed by atoms with Crippen molar-refractivity contribution in [3.8, 4) is 33.6 Å². The van der Waals surface area contributed by atoms with E-state index in [0.29, 0.717) is 0 Å². The van der Waals surface area contributed by atoms with E-state index in [0.717, 1.165) is 11.4 Å². The molecule has 0 bridgehead atoms. The smallest absolute Gasteiger partial charge is 0.181 e. The Hall–Kier alpha value is -7.98. The lowest BCUT2D eigenvalue weighted by Crippen LogP contribution is -2.75. The number of fused-ring (bicyclic) bond motifs is 6. The summed E-state index contributed by atoms with van der Waals surface area (Å²) >= 11 is 0. The number of rotatable bonds is 8. The maximum absolute atomic E-state index is 2.91. The van der Waals surface area contributed by atoms with E-state index in [1.807, 2.05) is 0 Å². The van der Waals surface area contributed by atoms with Gasteiger partial charge in [0.1, 0.15) is 0 Å². The van der Waals surface area contributed by atoms with Crippen LogP contribution in [0.25, 0.3) is 77.2 Å². The van der Waals surface area contributed by atoms with Crippen molar-refractivity contribution in [3.63, 3.8) is 0 Å². The third-order valence-electron chi connectivity index (χ3n) is 13.1. The summed E-state index contributed by atoms with van der Waals surface area (Å²) in [5.74, 6) is 0. The van der Waals surface area contributed by atoms with Crippen LogP contribution in [0.15, 0.2) is 255 Å². The molecule has 0 aliphatic rings. The standard InChI is InChI=1S/C60H42N2Si/c1-5-20-43(21-6-1)50-28-13-14-29-51(50)44-36-38-45(39-37-44)61-56-33-17-16-31-53(56)55-42-46(40-41-58(55)61)62-57-34-18-15-30-52(57)54-32-19-35-59(60(54)62)63(47-22-7-2-8-23-47,48-24-9-3-10-25-48)49-26-11-4-12-27-49/h1-42H. The zero-order valence-electron chi connectivity index (χ0n) is 34.6. The van der Waals surface area contributed by atoms with E-state index in [1.165, 1.54) is 86.6 Å². The molecule has 0 saturated heterocycles. The number of benzene rings is 10. The maximum atomic E-state index is 2.56. The van der Waals surface area contributed by atoms with Gasteiger partial charge in [-0.3, -0.25) is 0 Å². The lowest BCUT2D eigenvalue weighted by molar-refractivity contribution is 1.17. The van der Waals surface area contributed by atoms with Crippen molar-refractivity contribution in [3.05, 3.63) is 255 Å². The molecule has 0 aliphatic carbocycles. The average Bonchev–Trinajstić information content (AvgIpc) is 3.89. The molecule has 2 aromatic heterocycles. The van der Waals surface area contributed by atoms with Gasteiger partial charge in [-0.15, -0.1) is 0 Å². The van der Waals surface area contributed by atoms with Crippen molar-refractivity contribution in [2.75, 3.05) is 0 Å². The normalized spacial score (nSPS) is 11.8. The quantitative estimate of drug-likeness (QED) is 0.107. The van der Waals surface area contributed by atoms with Gasteiger partial charge in [-0.25, -0.2) is 0 Å². The monoisotopic (exact) mass is 818 g/mol. The highest BCUT2D eigenvalue weighted by molar-refractivity contribution is 7.20. The molecule has 2 nitrogen and oxygen atoms in total. The van der Waals surface area contributed by atoms with Gasteiger partial charge in [0, 0.05) is 32.9 Å². The second-order valence-corrected chi connectivity index (χ2v) is 20.2. The SMILES string of the molecule is c1ccc(-c2ccccc2-c2ccc(-n3c4ccccc4c4cc(-n5c6ccccc6c6cccc([Si](c7ccccc7)(c7ccccc7)c7ccccc7)c65)ccc43)cc2)cc1. The van der Waals surface area contributed by atoms with Crippen LogP contribution in [0.4, 0.5) is 0 Å². The molecule has 0 radical (unpaired) electrons. The van der Waals surface area contributed by atoms with Crippen LogP contribution in [0.3, 0.4) is 0 Å². The fourth-order valence-corrected chi connectivity index (χ4v) is 15.4. The van der Waals surface area contributed by atoms with E-state index >= 15 is 0 Å². The summed E-state index contributed by atoms with van der Waals surface area (Å²) < 4.78 is 4.98. The molecule has 12 aromatic rings. The number of hydrogen-bond donors (Lipinski definition) is 0. The molecule has 2 heterocycles. The molecule has 0 N–H and O–H groups in total. The van der Waals surface area contributed by atoms with Crippen molar-refractivity contribution < 1.29 is 0 Å². The van der Waals surface area contributed by atoms with Crippen LogP contribution in [0, 0.1) is 0 Å². The van der Waals surface area contributed by atoms with Gasteiger partial charge in [0.25, 0.3) is 0 Å². The number of nitrogens with zero attached hydrogens (tertiary/aromatic N) is 2. The Kier molecular flexibility index (Phi) is 8.87. The largest absolute Gasteiger partial charge is 0.309 e. The fourth-order valence-electron chi connectivity index (χ4n) is 10.4. The summed E-state index contributed by atoms with van der Waals surface area (Å²) in [4.78, 5) is 0. The topological polar surface area (TPSA) is 9.86 Å². The first-order chi connectivity index (χ1) is 31.3. The van der Waals surface area contributed by atoms with Gasteiger partial charge in [-0.1, -0.05) is 212 Å². The Morgan fingerprint density at radius 3 is 1.29 bits per heavy atom. The summed E-state index contributed by atoms with van der Waals surface area (Å²) in [6.45, 7) is 0. The minimum atomic E-state index is -2.91. The van der Waals surface area contributed by atoms with Crippen LogP contribution in [0.1, 0.15) is 0 Å². The second-order valence-electron chi connectivity index (χ2n) is 16.4. The lowest BCUT2D eigenvalue weighted by atomic mass is 9.94.